The van der Waals surface area contributed by atoms with Gasteiger partial charge in [0.15, 0.2) is 5.13 Å². The van der Waals surface area contributed by atoms with E-state index in [4.69, 9.17) is 16.6 Å². The summed E-state index contributed by atoms with van der Waals surface area (Å²) in [5, 5.41) is 7.49. The van der Waals surface area contributed by atoms with Gasteiger partial charge in [-0.2, -0.15) is 0 Å². The van der Waals surface area contributed by atoms with Crippen LogP contribution in [-0.4, -0.2) is 24.0 Å². The number of halogens is 1. The maximum Gasteiger partial charge on any atom is 0.240 e. The Morgan fingerprint density at radius 2 is 1.92 bits per heavy atom. The molecule has 0 aliphatic rings. The van der Waals surface area contributed by atoms with E-state index in [-0.39, 0.29) is 11.3 Å². The summed E-state index contributed by atoms with van der Waals surface area (Å²) in [5.41, 5.74) is 2.13. The molecule has 0 bridgehead atoms. The molecule has 0 aliphatic heterocycles. The van der Waals surface area contributed by atoms with Crippen LogP contribution in [0.1, 0.15) is 56.7 Å². The Labute approximate surface area is 165 Å². The van der Waals surface area contributed by atoms with Crippen LogP contribution in [0.3, 0.4) is 0 Å². The van der Waals surface area contributed by atoms with E-state index in [1.54, 1.807) is 11.3 Å². The molecule has 1 aromatic heterocycles. The van der Waals surface area contributed by atoms with Crippen molar-refractivity contribution in [2.24, 2.45) is 0 Å². The van der Waals surface area contributed by atoms with Gasteiger partial charge in [0.25, 0.3) is 0 Å². The number of benzene rings is 1. The first-order valence-corrected chi connectivity index (χ1v) is 10.2. The van der Waals surface area contributed by atoms with Crippen molar-refractivity contribution in [2.75, 3.05) is 18.4 Å². The van der Waals surface area contributed by atoms with Gasteiger partial charge in [0.1, 0.15) is 0 Å². The molecule has 0 fully saturated rings. The molecule has 2 aromatic rings. The molecule has 0 aliphatic carbocycles. The number of anilines is 1. The lowest BCUT2D eigenvalue weighted by Crippen LogP contribution is -2.28. The zero-order chi connectivity index (χ0) is 19.2. The second kappa shape index (κ2) is 9.49. The van der Waals surface area contributed by atoms with E-state index in [2.05, 4.69) is 38.3 Å². The van der Waals surface area contributed by atoms with Crippen LogP contribution in [0.15, 0.2) is 24.3 Å². The molecule has 1 amide bonds. The van der Waals surface area contributed by atoms with Crippen molar-refractivity contribution in [1.82, 2.24) is 10.3 Å². The zero-order valence-corrected chi connectivity index (χ0v) is 17.6. The average molecular weight is 394 g/mol. The van der Waals surface area contributed by atoms with Crippen LogP contribution in [0.25, 0.3) is 0 Å². The summed E-state index contributed by atoms with van der Waals surface area (Å²) in [6.07, 6.45) is 2.97. The number of aromatic nitrogens is 1. The number of hydrogen-bond donors (Lipinski definition) is 2. The number of rotatable bonds is 8. The second-order valence-electron chi connectivity index (χ2n) is 7.42. The van der Waals surface area contributed by atoms with Gasteiger partial charge in [-0.3, -0.25) is 4.79 Å². The lowest BCUT2D eigenvalue weighted by Gasteiger charge is -2.17. The number of hydrogen-bond acceptors (Lipinski definition) is 4. The van der Waals surface area contributed by atoms with Crippen LogP contribution in [0, 0.1) is 0 Å². The van der Waals surface area contributed by atoms with Gasteiger partial charge in [0.2, 0.25) is 5.91 Å². The molecule has 0 saturated heterocycles. The number of thiazole rings is 1. The zero-order valence-electron chi connectivity index (χ0n) is 16.0. The summed E-state index contributed by atoms with van der Waals surface area (Å²) < 4.78 is 0. The summed E-state index contributed by atoms with van der Waals surface area (Å²) in [6, 6.07) is 7.87. The predicted molar refractivity (Wildman–Crippen MR) is 111 cm³/mol. The molecule has 6 heteroatoms. The molecule has 142 valence electrons. The van der Waals surface area contributed by atoms with Gasteiger partial charge in [-0.1, -0.05) is 57.8 Å². The highest BCUT2D eigenvalue weighted by Gasteiger charge is 2.24. The third-order valence-electron chi connectivity index (χ3n) is 3.92. The van der Waals surface area contributed by atoms with Crippen molar-refractivity contribution >= 4 is 34.0 Å². The van der Waals surface area contributed by atoms with Crippen LogP contribution in [0.2, 0.25) is 5.02 Å². The van der Waals surface area contributed by atoms with Crippen molar-refractivity contribution in [3.05, 3.63) is 45.4 Å². The predicted octanol–water partition coefficient (Wildman–Crippen LogP) is 5.01. The Morgan fingerprint density at radius 1 is 1.23 bits per heavy atom. The molecule has 0 atom stereocenters. The molecule has 2 N–H and O–H groups in total. The van der Waals surface area contributed by atoms with Crippen LogP contribution < -0.4 is 10.6 Å². The van der Waals surface area contributed by atoms with Gasteiger partial charge in [-0.25, -0.2) is 4.98 Å². The van der Waals surface area contributed by atoms with E-state index in [1.165, 1.54) is 10.4 Å². The molecule has 2 rings (SSSR count). The lowest BCUT2D eigenvalue weighted by molar-refractivity contribution is -0.115. The summed E-state index contributed by atoms with van der Waals surface area (Å²) >= 11 is 7.53. The van der Waals surface area contributed by atoms with Gasteiger partial charge < -0.3 is 10.6 Å². The van der Waals surface area contributed by atoms with Crippen LogP contribution in [0.4, 0.5) is 5.13 Å². The first kappa shape index (κ1) is 20.9. The maximum atomic E-state index is 12.1. The van der Waals surface area contributed by atoms with E-state index < -0.39 is 0 Å². The summed E-state index contributed by atoms with van der Waals surface area (Å²) in [7, 11) is 0. The third-order valence-corrected chi connectivity index (χ3v) is 5.15. The maximum absolute atomic E-state index is 12.1. The highest BCUT2D eigenvalue weighted by atomic mass is 35.5. The molecular weight excluding hydrogens is 366 g/mol. The van der Waals surface area contributed by atoms with E-state index in [0.29, 0.717) is 11.7 Å². The molecule has 1 heterocycles. The minimum atomic E-state index is -0.0827. The molecule has 0 radical (unpaired) electrons. The second-order valence-corrected chi connectivity index (χ2v) is 8.94. The summed E-state index contributed by atoms with van der Waals surface area (Å²) in [6.45, 7) is 9.74. The van der Waals surface area contributed by atoms with Gasteiger partial charge >= 0.3 is 0 Å². The fraction of sp³-hybridized carbons (Fsp3) is 0.500. The van der Waals surface area contributed by atoms with Crippen LogP contribution >= 0.6 is 22.9 Å². The number of carbonyl (C=O) groups excluding carboxylic acids is 1. The third kappa shape index (κ3) is 6.38. The molecule has 26 heavy (non-hydrogen) atoms. The highest BCUT2D eigenvalue weighted by molar-refractivity contribution is 7.15. The normalized spacial score (nSPS) is 11.6. The smallest absolute Gasteiger partial charge is 0.240 e. The quantitative estimate of drug-likeness (QED) is 0.619. The molecule has 0 spiro atoms. The number of amides is 1. The van der Waals surface area contributed by atoms with Crippen molar-refractivity contribution in [1.29, 1.82) is 0 Å². The standard InChI is InChI=1S/C20H28ClN3OS/c1-5-6-11-22-13-17(25)23-19-24-18(20(2,3)4)16(26-19)12-14-7-9-15(21)10-8-14/h7-10,22H,5-6,11-13H2,1-4H3,(H,23,24,25). The molecule has 0 saturated carbocycles. The Morgan fingerprint density at radius 3 is 2.54 bits per heavy atom. The number of carbonyl (C=O) groups is 1. The minimum absolute atomic E-state index is 0.0478. The first-order valence-electron chi connectivity index (χ1n) is 9.04. The molecular formula is C20H28ClN3OS. The monoisotopic (exact) mass is 393 g/mol. The van der Waals surface area contributed by atoms with Crippen LogP contribution in [0.5, 0.6) is 0 Å². The van der Waals surface area contributed by atoms with Gasteiger partial charge in [0.05, 0.1) is 12.2 Å². The Hall–Kier alpha value is -1.43. The number of nitrogens with one attached hydrogen (secondary N) is 2. The van der Waals surface area contributed by atoms with Gasteiger partial charge in [-0.15, -0.1) is 11.3 Å². The fourth-order valence-electron chi connectivity index (χ4n) is 2.57. The first-order chi connectivity index (χ1) is 12.3. The Kier molecular flexibility index (Phi) is 7.62. The van der Waals surface area contributed by atoms with Crippen molar-refractivity contribution in [3.63, 3.8) is 0 Å². The highest BCUT2D eigenvalue weighted by Crippen LogP contribution is 2.33. The largest absolute Gasteiger partial charge is 0.308 e. The Bertz CT molecular complexity index is 720. The van der Waals surface area contributed by atoms with Crippen LogP contribution in [-0.2, 0) is 16.6 Å². The van der Waals surface area contributed by atoms with E-state index in [1.807, 2.05) is 24.3 Å². The van der Waals surface area contributed by atoms with Gasteiger partial charge in [-0.05, 0) is 30.7 Å². The molecule has 4 nitrogen and oxygen atoms in total. The Balaban J connectivity index is 2.10. The summed E-state index contributed by atoms with van der Waals surface area (Å²) in [4.78, 5) is 18.0. The lowest BCUT2D eigenvalue weighted by atomic mass is 9.90. The van der Waals surface area contributed by atoms with E-state index in [9.17, 15) is 4.79 Å². The van der Waals surface area contributed by atoms with Gasteiger partial charge in [0, 0.05) is 21.7 Å². The number of nitrogens with zero attached hydrogens (tertiary/aromatic N) is 1. The van der Waals surface area contributed by atoms with Crippen molar-refractivity contribution in [2.45, 2.75) is 52.4 Å². The topological polar surface area (TPSA) is 54.0 Å². The summed E-state index contributed by atoms with van der Waals surface area (Å²) in [5.74, 6) is -0.0478. The van der Waals surface area contributed by atoms with Crippen molar-refractivity contribution in [3.8, 4) is 0 Å². The minimum Gasteiger partial charge on any atom is -0.308 e. The molecule has 1 aromatic carbocycles. The van der Waals surface area contributed by atoms with E-state index in [0.717, 1.165) is 36.5 Å². The number of unbranched alkanes of at least 4 members (excludes halogenated alkanes) is 1. The molecule has 0 unspecified atom stereocenters. The SMILES string of the molecule is CCCCNCC(=O)Nc1nc(C(C)(C)C)c(Cc2ccc(Cl)cc2)s1. The van der Waals surface area contributed by atoms with E-state index >= 15 is 0 Å². The average Bonchev–Trinajstić information content (AvgIpc) is 2.96. The fourth-order valence-corrected chi connectivity index (χ4v) is 3.91. The van der Waals surface area contributed by atoms with Crippen molar-refractivity contribution < 1.29 is 4.79 Å².